The number of likely N-dealkylation sites (tertiary alicyclic amines) is 1. The number of halogens is 1. The van der Waals surface area contributed by atoms with Gasteiger partial charge in [-0.25, -0.2) is 9.97 Å². The molecule has 1 aliphatic rings. The zero-order valence-corrected chi connectivity index (χ0v) is 15.1. The van der Waals surface area contributed by atoms with Crippen molar-refractivity contribution in [2.24, 2.45) is 5.41 Å². The van der Waals surface area contributed by atoms with E-state index in [0.717, 1.165) is 55.3 Å². The number of nitrogens with zero attached hydrogens (tertiary/aromatic N) is 3. The summed E-state index contributed by atoms with van der Waals surface area (Å²) in [7, 11) is 0. The fourth-order valence-electron chi connectivity index (χ4n) is 3.36. The minimum atomic E-state index is -0.000661. The number of aliphatic hydroxyl groups excluding tert-OH is 1. The number of aromatic nitrogens is 2. The highest BCUT2D eigenvalue weighted by atomic mass is 35.5. The lowest BCUT2D eigenvalue weighted by Gasteiger charge is -2.39. The Hall–Kier alpha value is -1.49. The molecule has 4 nitrogen and oxygen atoms in total. The summed E-state index contributed by atoms with van der Waals surface area (Å²) in [4.78, 5) is 11.7. The molecule has 24 heavy (non-hydrogen) atoms. The molecule has 1 aromatic heterocycles. The Morgan fingerprint density at radius 2 is 2.00 bits per heavy atom. The summed E-state index contributed by atoms with van der Waals surface area (Å²) in [5.74, 6) is 0.739. The number of aliphatic hydroxyl groups is 1. The maximum Gasteiger partial charge on any atom is 0.159 e. The van der Waals surface area contributed by atoms with Crippen LogP contribution in [0.3, 0.4) is 0 Å². The van der Waals surface area contributed by atoms with Crippen molar-refractivity contribution in [3.8, 4) is 11.4 Å². The molecule has 0 radical (unpaired) electrons. The molecule has 0 bridgehead atoms. The lowest BCUT2D eigenvalue weighted by molar-refractivity contribution is 0.0423. The van der Waals surface area contributed by atoms with Gasteiger partial charge < -0.3 is 5.11 Å². The van der Waals surface area contributed by atoms with Gasteiger partial charge in [-0.15, -0.1) is 0 Å². The fourth-order valence-corrected chi connectivity index (χ4v) is 3.49. The second kappa shape index (κ2) is 7.18. The normalized spacial score (nSPS) is 21.8. The minimum Gasteiger partial charge on any atom is -0.396 e. The third kappa shape index (κ3) is 4.12. The van der Waals surface area contributed by atoms with Crippen LogP contribution in [0.5, 0.6) is 0 Å². The SMILES string of the molecule is Cc1cc(CN2CCCC(C)(CO)C2)nc(-c2ccc(Cl)cc2)n1. The molecule has 0 spiro atoms. The van der Waals surface area contributed by atoms with E-state index in [1.807, 2.05) is 37.3 Å². The smallest absolute Gasteiger partial charge is 0.159 e. The number of hydrogen-bond acceptors (Lipinski definition) is 4. The lowest BCUT2D eigenvalue weighted by Crippen LogP contribution is -2.43. The molecule has 1 aromatic carbocycles. The van der Waals surface area contributed by atoms with E-state index >= 15 is 0 Å². The van der Waals surface area contributed by atoms with Crippen molar-refractivity contribution >= 4 is 11.6 Å². The highest BCUT2D eigenvalue weighted by Crippen LogP contribution is 2.29. The topological polar surface area (TPSA) is 49.2 Å². The summed E-state index contributed by atoms with van der Waals surface area (Å²) in [5, 5.41) is 10.3. The Kier molecular flexibility index (Phi) is 5.18. The molecule has 1 fully saturated rings. The number of benzene rings is 1. The largest absolute Gasteiger partial charge is 0.396 e. The van der Waals surface area contributed by atoms with Crippen LogP contribution in [0.15, 0.2) is 30.3 Å². The van der Waals surface area contributed by atoms with Crippen molar-refractivity contribution in [3.05, 3.63) is 46.7 Å². The molecule has 128 valence electrons. The zero-order valence-electron chi connectivity index (χ0n) is 14.3. The van der Waals surface area contributed by atoms with Crippen LogP contribution in [0.4, 0.5) is 0 Å². The van der Waals surface area contributed by atoms with Gasteiger partial charge in [-0.05, 0) is 56.6 Å². The van der Waals surface area contributed by atoms with Gasteiger partial charge in [-0.3, -0.25) is 4.90 Å². The van der Waals surface area contributed by atoms with Crippen LogP contribution in [0.25, 0.3) is 11.4 Å². The molecule has 0 amide bonds. The van der Waals surface area contributed by atoms with E-state index in [0.29, 0.717) is 5.02 Å². The van der Waals surface area contributed by atoms with Gasteiger partial charge in [0.1, 0.15) is 0 Å². The molecule has 2 heterocycles. The van der Waals surface area contributed by atoms with Crippen molar-refractivity contribution in [1.82, 2.24) is 14.9 Å². The highest BCUT2D eigenvalue weighted by Gasteiger charge is 2.30. The number of rotatable bonds is 4. The Balaban J connectivity index is 1.80. The number of piperidine rings is 1. The van der Waals surface area contributed by atoms with Crippen molar-refractivity contribution in [2.45, 2.75) is 33.2 Å². The third-order valence-corrected chi connectivity index (χ3v) is 4.89. The van der Waals surface area contributed by atoms with E-state index in [9.17, 15) is 5.11 Å². The zero-order chi connectivity index (χ0) is 17.2. The predicted octanol–water partition coefficient (Wildman–Crippen LogP) is 3.70. The molecule has 5 heteroatoms. The molecule has 1 atom stereocenters. The van der Waals surface area contributed by atoms with E-state index < -0.39 is 0 Å². The van der Waals surface area contributed by atoms with E-state index in [2.05, 4.69) is 16.8 Å². The van der Waals surface area contributed by atoms with Gasteiger partial charge in [-0.1, -0.05) is 18.5 Å². The van der Waals surface area contributed by atoms with E-state index in [1.165, 1.54) is 0 Å². The van der Waals surface area contributed by atoms with Crippen molar-refractivity contribution in [1.29, 1.82) is 0 Å². The van der Waals surface area contributed by atoms with Crippen molar-refractivity contribution in [3.63, 3.8) is 0 Å². The van der Waals surface area contributed by atoms with Crippen LogP contribution in [0.1, 0.15) is 31.2 Å². The summed E-state index contributed by atoms with van der Waals surface area (Å²) < 4.78 is 0. The maximum atomic E-state index is 9.63. The monoisotopic (exact) mass is 345 g/mol. The highest BCUT2D eigenvalue weighted by molar-refractivity contribution is 6.30. The Morgan fingerprint density at radius 3 is 2.71 bits per heavy atom. The second-order valence-corrected chi connectivity index (χ2v) is 7.55. The van der Waals surface area contributed by atoms with Gasteiger partial charge in [-0.2, -0.15) is 0 Å². The van der Waals surface area contributed by atoms with Crippen molar-refractivity contribution in [2.75, 3.05) is 19.7 Å². The lowest BCUT2D eigenvalue weighted by atomic mass is 9.83. The van der Waals surface area contributed by atoms with Crippen LogP contribution in [-0.2, 0) is 6.54 Å². The molecular weight excluding hydrogens is 322 g/mol. The first-order valence-electron chi connectivity index (χ1n) is 8.41. The van der Waals surface area contributed by atoms with Crippen LogP contribution >= 0.6 is 11.6 Å². The predicted molar refractivity (Wildman–Crippen MR) is 96.9 cm³/mol. The minimum absolute atomic E-state index is 0.000661. The molecule has 1 saturated heterocycles. The summed E-state index contributed by atoms with van der Waals surface area (Å²) in [5.41, 5.74) is 2.96. The van der Waals surface area contributed by atoms with E-state index in [-0.39, 0.29) is 12.0 Å². The van der Waals surface area contributed by atoms with Gasteiger partial charge >= 0.3 is 0 Å². The maximum absolute atomic E-state index is 9.63. The summed E-state index contributed by atoms with van der Waals surface area (Å²) >= 11 is 5.96. The summed E-state index contributed by atoms with van der Waals surface area (Å²) in [6, 6.07) is 9.67. The average Bonchev–Trinajstić information content (AvgIpc) is 2.55. The third-order valence-electron chi connectivity index (χ3n) is 4.64. The Bertz CT molecular complexity index is 704. The Labute approximate surface area is 148 Å². The van der Waals surface area contributed by atoms with Gasteiger partial charge in [0.15, 0.2) is 5.82 Å². The van der Waals surface area contributed by atoms with E-state index in [1.54, 1.807) is 0 Å². The molecule has 1 unspecified atom stereocenters. The standard InChI is InChI=1S/C19H24ClN3O/c1-14-10-17(11-23-9-3-8-19(2,12-23)13-24)22-18(21-14)15-4-6-16(20)7-5-15/h4-7,10,24H,3,8-9,11-13H2,1-2H3. The molecule has 1 aliphatic heterocycles. The molecule has 2 aromatic rings. The van der Waals surface area contributed by atoms with Gasteiger partial charge in [0.05, 0.1) is 5.69 Å². The van der Waals surface area contributed by atoms with Crippen LogP contribution < -0.4 is 0 Å². The molecule has 3 rings (SSSR count). The van der Waals surface area contributed by atoms with E-state index in [4.69, 9.17) is 16.6 Å². The number of aryl methyl sites for hydroxylation is 1. The van der Waals surface area contributed by atoms with Gasteiger partial charge in [0, 0.05) is 41.4 Å². The Morgan fingerprint density at radius 1 is 1.25 bits per heavy atom. The number of hydrogen-bond donors (Lipinski definition) is 1. The van der Waals surface area contributed by atoms with Gasteiger partial charge in [0.25, 0.3) is 0 Å². The van der Waals surface area contributed by atoms with Crippen LogP contribution in [-0.4, -0.2) is 39.7 Å². The van der Waals surface area contributed by atoms with Crippen LogP contribution in [0, 0.1) is 12.3 Å². The first-order chi connectivity index (χ1) is 11.5. The average molecular weight is 346 g/mol. The van der Waals surface area contributed by atoms with Crippen molar-refractivity contribution < 1.29 is 5.11 Å². The molecule has 1 N–H and O–H groups in total. The molecule has 0 aliphatic carbocycles. The molecule has 0 saturated carbocycles. The second-order valence-electron chi connectivity index (χ2n) is 7.11. The fraction of sp³-hybridized carbons (Fsp3) is 0.474. The summed E-state index contributed by atoms with van der Waals surface area (Å²) in [6.45, 7) is 7.14. The van der Waals surface area contributed by atoms with Gasteiger partial charge in [0.2, 0.25) is 0 Å². The summed E-state index contributed by atoms with van der Waals surface area (Å²) in [6.07, 6.45) is 2.20. The first kappa shape index (κ1) is 17.3. The van der Waals surface area contributed by atoms with Crippen LogP contribution in [0.2, 0.25) is 5.02 Å². The molecular formula is C19H24ClN3O. The first-order valence-corrected chi connectivity index (χ1v) is 8.79. The quantitative estimate of drug-likeness (QED) is 0.917.